The van der Waals surface area contributed by atoms with Gasteiger partial charge in [0.1, 0.15) is 5.84 Å². The molecule has 1 rings (SSSR count). The first-order chi connectivity index (χ1) is 7.19. The van der Waals surface area contributed by atoms with Gasteiger partial charge in [0.25, 0.3) is 5.70 Å². The van der Waals surface area contributed by atoms with Crippen LogP contribution >= 0.6 is 0 Å². The molecule has 0 saturated heterocycles. The van der Waals surface area contributed by atoms with Crippen LogP contribution in [0.4, 0.5) is 0 Å². The van der Waals surface area contributed by atoms with Gasteiger partial charge < -0.3 is 4.90 Å². The second-order valence-corrected chi connectivity index (χ2v) is 3.12. The topological polar surface area (TPSA) is 58.7 Å². The summed E-state index contributed by atoms with van der Waals surface area (Å²) >= 11 is 0. The fraction of sp³-hybridized carbons (Fsp3) is 0.500. The SMILES string of the molecule is CCN(CC)C1=NC=CC([N+](=O)[O-])=CC1. The maximum absolute atomic E-state index is 10.5. The van der Waals surface area contributed by atoms with Crippen molar-refractivity contribution in [2.75, 3.05) is 13.1 Å². The minimum absolute atomic E-state index is 0.112. The standard InChI is InChI=1S/C10H15N3O2/c1-3-12(4-2)10-6-5-9(13(14)15)7-8-11-10/h5,7-8H,3-4,6H2,1-2H3. The van der Waals surface area contributed by atoms with Gasteiger partial charge in [0.05, 0.1) is 4.92 Å². The molecule has 0 saturated carbocycles. The van der Waals surface area contributed by atoms with Gasteiger partial charge in [-0.05, 0) is 13.8 Å². The van der Waals surface area contributed by atoms with Crippen LogP contribution < -0.4 is 0 Å². The molecule has 0 aliphatic carbocycles. The molecule has 0 fully saturated rings. The van der Waals surface area contributed by atoms with Gasteiger partial charge >= 0.3 is 0 Å². The Kier molecular flexibility index (Phi) is 4.03. The van der Waals surface area contributed by atoms with Gasteiger partial charge in [0, 0.05) is 37.9 Å². The summed E-state index contributed by atoms with van der Waals surface area (Å²) in [5, 5.41) is 10.5. The number of hydrogen-bond acceptors (Lipinski definition) is 4. The number of allylic oxidation sites excluding steroid dienone is 1. The molecule has 0 N–H and O–H groups in total. The van der Waals surface area contributed by atoms with Crippen molar-refractivity contribution in [2.24, 2.45) is 4.99 Å². The van der Waals surface area contributed by atoms with Crippen LogP contribution in [0, 0.1) is 10.1 Å². The predicted molar refractivity (Wildman–Crippen MR) is 59.2 cm³/mol. The van der Waals surface area contributed by atoms with E-state index in [1.807, 2.05) is 13.8 Å². The molecule has 0 radical (unpaired) electrons. The minimum Gasteiger partial charge on any atom is -0.360 e. The smallest absolute Gasteiger partial charge is 0.267 e. The molecule has 0 amide bonds. The summed E-state index contributed by atoms with van der Waals surface area (Å²) in [4.78, 5) is 16.4. The Bertz CT molecular complexity index is 328. The number of hydrogen-bond donors (Lipinski definition) is 0. The van der Waals surface area contributed by atoms with Crippen molar-refractivity contribution in [1.82, 2.24) is 4.90 Å². The lowest BCUT2D eigenvalue weighted by molar-refractivity contribution is -0.419. The molecule has 0 bridgehead atoms. The lowest BCUT2D eigenvalue weighted by Crippen LogP contribution is -2.29. The first kappa shape index (κ1) is 11.4. The maximum Gasteiger partial charge on any atom is 0.267 e. The van der Waals surface area contributed by atoms with Crippen molar-refractivity contribution in [3.63, 3.8) is 0 Å². The third-order valence-electron chi connectivity index (χ3n) is 2.30. The Labute approximate surface area is 88.9 Å². The summed E-state index contributed by atoms with van der Waals surface area (Å²) in [6.45, 7) is 5.81. The summed E-state index contributed by atoms with van der Waals surface area (Å²) in [6, 6.07) is 0. The Balaban J connectivity index is 2.78. The average Bonchev–Trinajstić information content (AvgIpc) is 2.45. The van der Waals surface area contributed by atoms with Crippen molar-refractivity contribution in [3.8, 4) is 0 Å². The summed E-state index contributed by atoms with van der Waals surface area (Å²) in [6.07, 6.45) is 5.04. The van der Waals surface area contributed by atoms with Crippen LogP contribution in [0.2, 0.25) is 0 Å². The average molecular weight is 209 g/mol. The predicted octanol–water partition coefficient (Wildman–Crippen LogP) is 1.80. The van der Waals surface area contributed by atoms with Crippen LogP contribution in [0.5, 0.6) is 0 Å². The quantitative estimate of drug-likeness (QED) is 0.526. The second-order valence-electron chi connectivity index (χ2n) is 3.12. The van der Waals surface area contributed by atoms with E-state index in [1.54, 1.807) is 6.08 Å². The molecule has 5 heteroatoms. The molecule has 0 atom stereocenters. The molecule has 5 nitrogen and oxygen atoms in total. The van der Waals surface area contributed by atoms with Gasteiger partial charge in [-0.2, -0.15) is 0 Å². The van der Waals surface area contributed by atoms with Crippen LogP contribution in [-0.4, -0.2) is 28.7 Å². The summed E-state index contributed by atoms with van der Waals surface area (Å²) in [5.41, 5.74) is 0.112. The van der Waals surface area contributed by atoms with Crippen LogP contribution in [0.25, 0.3) is 0 Å². The van der Waals surface area contributed by atoms with Crippen molar-refractivity contribution < 1.29 is 4.92 Å². The van der Waals surface area contributed by atoms with E-state index >= 15 is 0 Å². The minimum atomic E-state index is -0.392. The highest BCUT2D eigenvalue weighted by Gasteiger charge is 2.12. The zero-order valence-corrected chi connectivity index (χ0v) is 9.01. The van der Waals surface area contributed by atoms with Crippen molar-refractivity contribution in [2.45, 2.75) is 20.3 Å². The van der Waals surface area contributed by atoms with E-state index in [9.17, 15) is 10.1 Å². The largest absolute Gasteiger partial charge is 0.360 e. The van der Waals surface area contributed by atoms with Crippen LogP contribution in [0.1, 0.15) is 20.3 Å². The number of aliphatic imine (C=N–C) groups is 1. The fourth-order valence-electron chi connectivity index (χ4n) is 1.45. The Morgan fingerprint density at radius 1 is 1.53 bits per heavy atom. The van der Waals surface area contributed by atoms with Gasteiger partial charge in [-0.3, -0.25) is 10.1 Å². The number of nitrogens with zero attached hydrogens (tertiary/aromatic N) is 3. The van der Waals surface area contributed by atoms with E-state index in [0.29, 0.717) is 6.42 Å². The first-order valence-electron chi connectivity index (χ1n) is 5.01. The Hall–Kier alpha value is -1.65. The van der Waals surface area contributed by atoms with Crippen LogP contribution in [0.3, 0.4) is 0 Å². The highest BCUT2D eigenvalue weighted by atomic mass is 16.6. The summed E-state index contributed by atoms with van der Waals surface area (Å²) in [7, 11) is 0. The van der Waals surface area contributed by atoms with Gasteiger partial charge in [-0.25, -0.2) is 4.99 Å². The van der Waals surface area contributed by atoms with Crippen LogP contribution in [-0.2, 0) is 0 Å². The maximum atomic E-state index is 10.5. The van der Waals surface area contributed by atoms with E-state index < -0.39 is 4.92 Å². The third-order valence-corrected chi connectivity index (χ3v) is 2.30. The lowest BCUT2D eigenvalue weighted by atomic mass is 10.3. The molecule has 1 heterocycles. The monoisotopic (exact) mass is 209 g/mol. The van der Waals surface area contributed by atoms with Gasteiger partial charge in [-0.15, -0.1) is 0 Å². The first-order valence-corrected chi connectivity index (χ1v) is 5.01. The van der Waals surface area contributed by atoms with Gasteiger partial charge in [0.2, 0.25) is 0 Å². The number of nitro groups is 1. The molecular weight excluding hydrogens is 194 g/mol. The highest BCUT2D eigenvalue weighted by molar-refractivity contribution is 5.84. The van der Waals surface area contributed by atoms with Gasteiger partial charge in [0.15, 0.2) is 0 Å². The second kappa shape index (κ2) is 5.29. The molecule has 15 heavy (non-hydrogen) atoms. The van der Waals surface area contributed by atoms with Crippen molar-refractivity contribution in [3.05, 3.63) is 34.2 Å². The lowest BCUT2D eigenvalue weighted by Gasteiger charge is -2.21. The molecule has 1 aliphatic rings. The highest BCUT2D eigenvalue weighted by Crippen LogP contribution is 2.08. The van der Waals surface area contributed by atoms with E-state index in [1.165, 1.54) is 12.3 Å². The zero-order chi connectivity index (χ0) is 11.3. The molecule has 82 valence electrons. The molecule has 0 aromatic heterocycles. The Morgan fingerprint density at radius 3 is 2.73 bits per heavy atom. The third kappa shape index (κ3) is 2.90. The molecule has 0 unspecified atom stereocenters. The Morgan fingerprint density at radius 2 is 2.20 bits per heavy atom. The van der Waals surface area contributed by atoms with E-state index in [-0.39, 0.29) is 5.70 Å². The van der Waals surface area contributed by atoms with Gasteiger partial charge in [-0.1, -0.05) is 0 Å². The molecule has 0 spiro atoms. The summed E-state index contributed by atoms with van der Waals surface area (Å²) in [5.74, 6) is 0.883. The molecule has 0 aromatic rings. The van der Waals surface area contributed by atoms with E-state index in [0.717, 1.165) is 18.9 Å². The van der Waals surface area contributed by atoms with Crippen molar-refractivity contribution in [1.29, 1.82) is 0 Å². The molecule has 1 aliphatic heterocycles. The zero-order valence-electron chi connectivity index (χ0n) is 9.01. The number of amidine groups is 1. The van der Waals surface area contributed by atoms with Crippen molar-refractivity contribution >= 4 is 5.84 Å². The van der Waals surface area contributed by atoms with E-state index in [2.05, 4.69) is 9.89 Å². The molecule has 0 aromatic carbocycles. The van der Waals surface area contributed by atoms with E-state index in [4.69, 9.17) is 0 Å². The fourth-order valence-corrected chi connectivity index (χ4v) is 1.45. The van der Waals surface area contributed by atoms with Crippen LogP contribution in [0.15, 0.2) is 29.0 Å². The summed E-state index contributed by atoms with van der Waals surface area (Å²) < 4.78 is 0. The molecular formula is C10H15N3O2. The number of rotatable bonds is 3. The normalized spacial score (nSPS) is 15.3.